The molecule has 1 aromatic heterocycles. The number of nitrogens with one attached hydrogen (secondary N) is 1. The SMILES string of the molecule is C=NC1=NC=CN2C(C3CCCN(C(=O)C4CC(F)(F)C4)C3)=NC(c3ccc(C(=O)Nc4cc(C5CC5)ccn4)cc3)C12C. The highest BCUT2D eigenvalue weighted by Crippen LogP contribution is 2.47. The van der Waals surface area contributed by atoms with Gasteiger partial charge in [-0.05, 0) is 80.6 Å². The number of amides is 2. The molecule has 228 valence electrons. The van der Waals surface area contributed by atoms with Crippen molar-refractivity contribution in [3.8, 4) is 0 Å². The number of hydrogen-bond acceptors (Lipinski definition) is 7. The van der Waals surface area contributed by atoms with Crippen LogP contribution < -0.4 is 5.32 Å². The third kappa shape index (κ3) is 5.01. The predicted molar refractivity (Wildman–Crippen MR) is 164 cm³/mol. The summed E-state index contributed by atoms with van der Waals surface area (Å²) in [5.41, 5.74) is 1.80. The Hall–Kier alpha value is -4.28. The largest absolute Gasteiger partial charge is 0.342 e. The Kier molecular flexibility index (Phi) is 6.93. The minimum Gasteiger partial charge on any atom is -0.342 e. The molecule has 0 spiro atoms. The zero-order chi connectivity index (χ0) is 30.6. The number of fused-ring (bicyclic) bond motifs is 1. The molecule has 0 radical (unpaired) electrons. The standard InChI is InChI=1S/C33H35F2N7O2/c1-32-27(21-7-9-22(10-8-21)29(43)39-26-16-23(11-12-37-26)20-5-6-20)40-28(42(32)15-13-38-31(32)36-2)24-4-3-14-41(19-24)30(44)25-17-33(34,35)18-25/h7-13,15-16,20,24-25,27H,2-6,14,17-19H2,1H3,(H,37,39,43). The summed E-state index contributed by atoms with van der Waals surface area (Å²) in [5, 5.41) is 2.91. The molecule has 4 heterocycles. The number of anilines is 1. The normalized spacial score (nSPS) is 27.6. The van der Waals surface area contributed by atoms with E-state index in [1.807, 2.05) is 37.4 Å². The number of hydrogen-bond donors (Lipinski definition) is 1. The topological polar surface area (TPSA) is 103 Å². The van der Waals surface area contributed by atoms with E-state index in [1.54, 1.807) is 29.4 Å². The summed E-state index contributed by atoms with van der Waals surface area (Å²) in [6, 6.07) is 10.9. The molecule has 5 aliphatic rings. The maximum atomic E-state index is 13.5. The van der Waals surface area contributed by atoms with E-state index in [1.165, 1.54) is 18.4 Å². The molecule has 2 aromatic rings. The van der Waals surface area contributed by atoms with Gasteiger partial charge in [0.25, 0.3) is 5.91 Å². The number of alkyl halides is 2. The summed E-state index contributed by atoms with van der Waals surface area (Å²) in [6.45, 7) is 6.78. The molecule has 1 aromatic carbocycles. The second kappa shape index (κ2) is 10.7. The molecule has 3 unspecified atom stereocenters. The van der Waals surface area contributed by atoms with Crippen molar-refractivity contribution < 1.29 is 18.4 Å². The monoisotopic (exact) mass is 599 g/mol. The van der Waals surface area contributed by atoms with Gasteiger partial charge in [0, 0.05) is 61.9 Å². The number of amidine groups is 2. The predicted octanol–water partition coefficient (Wildman–Crippen LogP) is 5.59. The first kappa shape index (κ1) is 28.5. The van der Waals surface area contributed by atoms with Gasteiger partial charge in [-0.2, -0.15) is 0 Å². The summed E-state index contributed by atoms with van der Waals surface area (Å²) >= 11 is 0. The van der Waals surface area contributed by atoms with Crippen molar-refractivity contribution >= 4 is 36.0 Å². The zero-order valence-corrected chi connectivity index (χ0v) is 24.6. The number of aliphatic imine (C=N–C) groups is 3. The number of nitrogens with zero attached hydrogens (tertiary/aromatic N) is 6. The van der Waals surface area contributed by atoms with Crippen LogP contribution in [0.25, 0.3) is 0 Å². The van der Waals surface area contributed by atoms with E-state index in [0.29, 0.717) is 36.2 Å². The Balaban J connectivity index is 1.12. The van der Waals surface area contributed by atoms with Crippen LogP contribution in [0.4, 0.5) is 14.6 Å². The van der Waals surface area contributed by atoms with Gasteiger partial charge in [-0.25, -0.2) is 23.7 Å². The fraction of sp³-hybridized carbons (Fsp3) is 0.455. The van der Waals surface area contributed by atoms with Crippen LogP contribution >= 0.6 is 0 Å². The van der Waals surface area contributed by atoms with Crippen molar-refractivity contribution in [1.82, 2.24) is 14.8 Å². The molecule has 0 bridgehead atoms. The number of halogens is 2. The van der Waals surface area contributed by atoms with Crippen LogP contribution in [-0.2, 0) is 4.79 Å². The van der Waals surface area contributed by atoms with Crippen LogP contribution in [0.3, 0.4) is 0 Å². The van der Waals surface area contributed by atoms with Gasteiger partial charge in [-0.15, -0.1) is 0 Å². The van der Waals surface area contributed by atoms with Gasteiger partial charge < -0.3 is 15.1 Å². The van der Waals surface area contributed by atoms with E-state index >= 15 is 0 Å². The molecule has 3 fully saturated rings. The van der Waals surface area contributed by atoms with Crippen LogP contribution in [0, 0.1) is 11.8 Å². The summed E-state index contributed by atoms with van der Waals surface area (Å²) < 4.78 is 27.0. The van der Waals surface area contributed by atoms with Crippen molar-refractivity contribution in [2.75, 3.05) is 18.4 Å². The molecule has 7 rings (SSSR count). The number of carbonyl (C=O) groups excluding carboxylic acids is 2. The molecule has 2 amide bonds. The Morgan fingerprint density at radius 2 is 1.84 bits per heavy atom. The molecule has 2 saturated carbocycles. The van der Waals surface area contributed by atoms with Crippen LogP contribution in [0.1, 0.15) is 78.9 Å². The second-order valence-electron chi connectivity index (χ2n) is 12.7. The Labute approximate surface area is 254 Å². The zero-order valence-electron chi connectivity index (χ0n) is 24.6. The molecule has 3 aliphatic heterocycles. The van der Waals surface area contributed by atoms with Gasteiger partial charge in [0.15, 0.2) is 5.84 Å². The quantitative estimate of drug-likeness (QED) is 0.437. The first-order valence-corrected chi connectivity index (χ1v) is 15.3. The molecule has 11 heteroatoms. The Bertz CT molecular complexity index is 1590. The number of piperidine rings is 1. The number of likely N-dealkylation sites (tertiary alicyclic amines) is 1. The van der Waals surface area contributed by atoms with E-state index in [0.717, 1.165) is 24.2 Å². The smallest absolute Gasteiger partial charge is 0.256 e. The highest BCUT2D eigenvalue weighted by atomic mass is 19.3. The molecule has 3 atom stereocenters. The molecule has 2 aliphatic carbocycles. The fourth-order valence-electron chi connectivity index (χ4n) is 7.03. The van der Waals surface area contributed by atoms with Crippen molar-refractivity contribution in [3.63, 3.8) is 0 Å². The maximum absolute atomic E-state index is 13.5. The van der Waals surface area contributed by atoms with Gasteiger partial charge in [-0.1, -0.05) is 12.1 Å². The molecular weight excluding hydrogens is 564 g/mol. The fourth-order valence-corrected chi connectivity index (χ4v) is 7.03. The third-order valence-corrected chi connectivity index (χ3v) is 9.66. The Morgan fingerprint density at radius 1 is 1.07 bits per heavy atom. The van der Waals surface area contributed by atoms with Crippen LogP contribution in [0.5, 0.6) is 0 Å². The number of rotatable bonds is 6. The van der Waals surface area contributed by atoms with Crippen molar-refractivity contribution in [2.24, 2.45) is 26.8 Å². The molecular formula is C33H35F2N7O2. The van der Waals surface area contributed by atoms with Crippen LogP contribution in [0.2, 0.25) is 0 Å². The van der Waals surface area contributed by atoms with Gasteiger partial charge >= 0.3 is 0 Å². The number of pyridine rings is 1. The van der Waals surface area contributed by atoms with E-state index in [9.17, 15) is 18.4 Å². The molecule has 9 nitrogen and oxygen atoms in total. The summed E-state index contributed by atoms with van der Waals surface area (Å²) in [6.07, 6.45) is 8.47. The van der Waals surface area contributed by atoms with E-state index in [-0.39, 0.29) is 30.6 Å². The summed E-state index contributed by atoms with van der Waals surface area (Å²) in [7, 11) is 0. The Morgan fingerprint density at radius 3 is 2.55 bits per heavy atom. The van der Waals surface area contributed by atoms with Crippen LogP contribution in [-0.4, -0.2) is 69.5 Å². The highest BCUT2D eigenvalue weighted by molar-refractivity contribution is 6.05. The van der Waals surface area contributed by atoms with Crippen molar-refractivity contribution in [2.45, 2.75) is 68.9 Å². The van der Waals surface area contributed by atoms with E-state index in [4.69, 9.17) is 4.99 Å². The highest BCUT2D eigenvalue weighted by Gasteiger charge is 2.54. The van der Waals surface area contributed by atoms with Gasteiger partial charge in [0.1, 0.15) is 23.2 Å². The summed E-state index contributed by atoms with van der Waals surface area (Å²) in [5.74, 6) is -1.42. The third-order valence-electron chi connectivity index (χ3n) is 9.66. The van der Waals surface area contributed by atoms with Crippen molar-refractivity contribution in [3.05, 3.63) is 71.7 Å². The lowest BCUT2D eigenvalue weighted by Gasteiger charge is -2.43. The minimum absolute atomic E-state index is 0.0737. The first-order valence-electron chi connectivity index (χ1n) is 15.3. The van der Waals surface area contributed by atoms with Gasteiger partial charge in [-0.3, -0.25) is 14.6 Å². The van der Waals surface area contributed by atoms with E-state index in [2.05, 4.69) is 31.9 Å². The lowest BCUT2D eigenvalue weighted by molar-refractivity contribution is -0.161. The van der Waals surface area contributed by atoms with Crippen LogP contribution in [0.15, 0.2) is 70.0 Å². The minimum atomic E-state index is -2.74. The maximum Gasteiger partial charge on any atom is 0.256 e. The number of carbonyl (C=O) groups is 2. The van der Waals surface area contributed by atoms with E-state index < -0.39 is 23.4 Å². The van der Waals surface area contributed by atoms with Crippen molar-refractivity contribution in [1.29, 1.82) is 0 Å². The number of aromatic nitrogens is 1. The lowest BCUT2D eigenvalue weighted by atomic mass is 9.79. The van der Waals surface area contributed by atoms with Gasteiger partial charge in [0.05, 0.1) is 0 Å². The van der Waals surface area contributed by atoms with Gasteiger partial charge in [0.2, 0.25) is 11.8 Å². The first-order chi connectivity index (χ1) is 21.2. The average molecular weight is 600 g/mol. The lowest BCUT2D eigenvalue weighted by Crippen LogP contribution is -2.55. The molecule has 1 saturated heterocycles. The second-order valence-corrected chi connectivity index (χ2v) is 12.7. The molecule has 44 heavy (non-hydrogen) atoms. The average Bonchev–Trinajstić information content (AvgIpc) is 3.82. The number of benzene rings is 1. The molecule has 1 N–H and O–H groups in total. The summed E-state index contributed by atoms with van der Waals surface area (Å²) in [4.78, 5) is 48.2.